The lowest BCUT2D eigenvalue weighted by molar-refractivity contribution is 0.478. The van der Waals surface area contributed by atoms with E-state index in [-0.39, 0.29) is 24.0 Å². The molecule has 2 heterocycles. The van der Waals surface area contributed by atoms with Crippen molar-refractivity contribution in [3.63, 3.8) is 0 Å². The number of pyridine rings is 1. The Labute approximate surface area is 153 Å². The summed E-state index contributed by atoms with van der Waals surface area (Å²) in [5, 5.41) is 7.69. The molecule has 0 atom stereocenters. The van der Waals surface area contributed by atoms with Gasteiger partial charge >= 0.3 is 0 Å². The van der Waals surface area contributed by atoms with Crippen LogP contribution in [0.25, 0.3) is 0 Å². The maximum Gasteiger partial charge on any atom is 0.193 e. The van der Waals surface area contributed by atoms with Gasteiger partial charge in [-0.3, -0.25) is 9.98 Å². The molecule has 0 spiro atoms. The van der Waals surface area contributed by atoms with E-state index in [0.717, 1.165) is 25.5 Å². The van der Waals surface area contributed by atoms with Gasteiger partial charge in [0.1, 0.15) is 0 Å². The Bertz CT molecular complexity index is 584. The van der Waals surface area contributed by atoms with Crippen LogP contribution in [0.4, 0.5) is 0 Å². The van der Waals surface area contributed by atoms with Gasteiger partial charge in [-0.25, -0.2) is 0 Å². The molecule has 120 valence electrons. The van der Waals surface area contributed by atoms with Crippen molar-refractivity contribution in [2.75, 3.05) is 20.6 Å². The number of rotatable bonds is 5. The summed E-state index contributed by atoms with van der Waals surface area (Å²) >= 11 is 1.72. The van der Waals surface area contributed by atoms with Crippen LogP contribution in [0.15, 0.2) is 40.3 Å². The van der Waals surface area contributed by atoms with Crippen molar-refractivity contribution in [2.24, 2.45) is 4.99 Å². The SMILES string of the molecule is CN=C(NCCc1ccncc1C)N(C)Cc1ccsc1.I. The van der Waals surface area contributed by atoms with E-state index < -0.39 is 0 Å². The quantitative estimate of drug-likeness (QED) is 0.450. The van der Waals surface area contributed by atoms with E-state index in [0.29, 0.717) is 0 Å². The number of hydrogen-bond donors (Lipinski definition) is 1. The average Bonchev–Trinajstić information content (AvgIpc) is 2.98. The van der Waals surface area contributed by atoms with E-state index in [1.54, 1.807) is 11.3 Å². The van der Waals surface area contributed by atoms with E-state index >= 15 is 0 Å². The van der Waals surface area contributed by atoms with Gasteiger partial charge in [-0.05, 0) is 52.9 Å². The van der Waals surface area contributed by atoms with Gasteiger partial charge in [0.15, 0.2) is 5.96 Å². The highest BCUT2D eigenvalue weighted by molar-refractivity contribution is 14.0. The maximum atomic E-state index is 4.34. The Morgan fingerprint density at radius 3 is 2.86 bits per heavy atom. The van der Waals surface area contributed by atoms with Crippen molar-refractivity contribution in [3.8, 4) is 0 Å². The molecule has 0 fully saturated rings. The molecule has 0 saturated heterocycles. The summed E-state index contributed by atoms with van der Waals surface area (Å²) < 4.78 is 0. The third kappa shape index (κ3) is 5.57. The van der Waals surface area contributed by atoms with E-state index in [4.69, 9.17) is 0 Å². The normalized spacial score (nSPS) is 11.0. The zero-order chi connectivity index (χ0) is 15.1. The Morgan fingerprint density at radius 1 is 1.41 bits per heavy atom. The van der Waals surface area contributed by atoms with Crippen LogP contribution in [0.2, 0.25) is 0 Å². The number of aromatic nitrogens is 1. The van der Waals surface area contributed by atoms with Crippen molar-refractivity contribution in [2.45, 2.75) is 19.9 Å². The van der Waals surface area contributed by atoms with Crippen molar-refractivity contribution >= 4 is 41.3 Å². The van der Waals surface area contributed by atoms with Gasteiger partial charge in [0, 0.05) is 39.6 Å². The van der Waals surface area contributed by atoms with E-state index in [9.17, 15) is 0 Å². The minimum Gasteiger partial charge on any atom is -0.356 e. The summed E-state index contributed by atoms with van der Waals surface area (Å²) in [7, 11) is 3.88. The van der Waals surface area contributed by atoms with Gasteiger partial charge in [0.2, 0.25) is 0 Å². The average molecular weight is 430 g/mol. The first kappa shape index (κ1) is 18.9. The molecule has 6 heteroatoms. The van der Waals surface area contributed by atoms with Gasteiger partial charge in [-0.2, -0.15) is 11.3 Å². The third-order valence-electron chi connectivity index (χ3n) is 3.39. The Hall–Kier alpha value is -1.15. The van der Waals surface area contributed by atoms with Gasteiger partial charge < -0.3 is 10.2 Å². The van der Waals surface area contributed by atoms with E-state index in [1.165, 1.54) is 16.7 Å². The molecule has 4 nitrogen and oxygen atoms in total. The van der Waals surface area contributed by atoms with Gasteiger partial charge in [-0.15, -0.1) is 24.0 Å². The predicted octanol–water partition coefficient (Wildman–Crippen LogP) is 3.32. The highest BCUT2D eigenvalue weighted by Crippen LogP contribution is 2.08. The van der Waals surface area contributed by atoms with Crippen molar-refractivity contribution in [3.05, 3.63) is 52.0 Å². The smallest absolute Gasteiger partial charge is 0.193 e. The lowest BCUT2D eigenvalue weighted by atomic mass is 10.1. The topological polar surface area (TPSA) is 40.5 Å². The first-order valence-corrected chi connectivity index (χ1v) is 7.97. The Morgan fingerprint density at radius 2 is 2.23 bits per heavy atom. The lowest BCUT2D eigenvalue weighted by Gasteiger charge is -2.21. The number of nitrogens with one attached hydrogen (secondary N) is 1. The molecule has 0 saturated carbocycles. The molecular formula is C16H23IN4S. The lowest BCUT2D eigenvalue weighted by Crippen LogP contribution is -2.39. The van der Waals surface area contributed by atoms with Crippen LogP contribution in [-0.2, 0) is 13.0 Å². The number of nitrogens with zero attached hydrogens (tertiary/aromatic N) is 3. The van der Waals surface area contributed by atoms with E-state index in [1.807, 2.05) is 19.4 Å². The van der Waals surface area contributed by atoms with Crippen LogP contribution in [-0.4, -0.2) is 36.5 Å². The highest BCUT2D eigenvalue weighted by Gasteiger charge is 2.07. The summed E-state index contributed by atoms with van der Waals surface area (Å²) in [6.45, 7) is 3.84. The molecule has 0 radical (unpaired) electrons. The monoisotopic (exact) mass is 430 g/mol. The van der Waals surface area contributed by atoms with Crippen molar-refractivity contribution in [1.82, 2.24) is 15.2 Å². The molecule has 0 bridgehead atoms. The van der Waals surface area contributed by atoms with Crippen LogP contribution in [0.1, 0.15) is 16.7 Å². The number of guanidine groups is 1. The predicted molar refractivity (Wildman–Crippen MR) is 105 cm³/mol. The largest absolute Gasteiger partial charge is 0.356 e. The fourth-order valence-corrected chi connectivity index (χ4v) is 2.87. The molecular weight excluding hydrogens is 407 g/mol. The summed E-state index contributed by atoms with van der Waals surface area (Å²) in [6, 6.07) is 4.23. The highest BCUT2D eigenvalue weighted by atomic mass is 127. The first-order valence-electron chi connectivity index (χ1n) is 7.03. The minimum atomic E-state index is 0. The van der Waals surface area contributed by atoms with E-state index in [2.05, 4.69) is 57.1 Å². The molecule has 0 aliphatic carbocycles. The van der Waals surface area contributed by atoms with Crippen LogP contribution in [0.3, 0.4) is 0 Å². The van der Waals surface area contributed by atoms with Gasteiger partial charge in [0.25, 0.3) is 0 Å². The summed E-state index contributed by atoms with van der Waals surface area (Å²) in [5.41, 5.74) is 3.88. The number of aliphatic imine (C=N–C) groups is 1. The molecule has 2 aromatic rings. The summed E-state index contributed by atoms with van der Waals surface area (Å²) in [6.07, 6.45) is 4.73. The number of thiophene rings is 1. The fraction of sp³-hybridized carbons (Fsp3) is 0.375. The molecule has 0 aliphatic rings. The summed E-state index contributed by atoms with van der Waals surface area (Å²) in [4.78, 5) is 10.6. The number of halogens is 1. The zero-order valence-corrected chi connectivity index (χ0v) is 16.4. The molecule has 0 amide bonds. The number of aryl methyl sites for hydroxylation is 1. The molecule has 1 N–H and O–H groups in total. The Balaban J connectivity index is 0.00000242. The molecule has 0 aliphatic heterocycles. The minimum absolute atomic E-state index is 0. The Kier molecular flexibility index (Phi) is 8.40. The van der Waals surface area contributed by atoms with Crippen LogP contribution in [0.5, 0.6) is 0 Å². The third-order valence-corrected chi connectivity index (χ3v) is 4.12. The molecule has 0 unspecified atom stereocenters. The van der Waals surface area contributed by atoms with Crippen LogP contribution < -0.4 is 5.32 Å². The fourth-order valence-electron chi connectivity index (χ4n) is 2.21. The number of hydrogen-bond acceptors (Lipinski definition) is 3. The molecule has 22 heavy (non-hydrogen) atoms. The van der Waals surface area contributed by atoms with Crippen LogP contribution >= 0.6 is 35.3 Å². The second-order valence-corrected chi connectivity index (χ2v) is 5.79. The standard InChI is InChI=1S/C16H22N4S.HI/c1-13-10-18-7-4-15(13)5-8-19-16(17-2)20(3)11-14-6-9-21-12-14;/h4,6-7,9-10,12H,5,8,11H2,1-3H3,(H,17,19);1H. The van der Waals surface area contributed by atoms with Crippen molar-refractivity contribution < 1.29 is 0 Å². The summed E-state index contributed by atoms with van der Waals surface area (Å²) in [5.74, 6) is 0.924. The van der Waals surface area contributed by atoms with Gasteiger partial charge in [-0.1, -0.05) is 0 Å². The second kappa shape index (κ2) is 9.78. The molecule has 2 rings (SSSR count). The first-order chi connectivity index (χ1) is 10.2. The van der Waals surface area contributed by atoms with Crippen molar-refractivity contribution in [1.29, 1.82) is 0 Å². The zero-order valence-electron chi connectivity index (χ0n) is 13.2. The van der Waals surface area contributed by atoms with Gasteiger partial charge in [0.05, 0.1) is 0 Å². The second-order valence-electron chi connectivity index (χ2n) is 5.01. The molecule has 0 aromatic carbocycles. The molecule has 2 aromatic heterocycles. The maximum absolute atomic E-state index is 4.34. The van der Waals surface area contributed by atoms with Crippen LogP contribution in [0, 0.1) is 6.92 Å².